The Morgan fingerprint density at radius 1 is 1.29 bits per heavy atom. The summed E-state index contributed by atoms with van der Waals surface area (Å²) in [5.41, 5.74) is 1.23. The van der Waals surface area contributed by atoms with Gasteiger partial charge in [-0.15, -0.1) is 0 Å². The molecule has 0 N–H and O–H groups in total. The summed E-state index contributed by atoms with van der Waals surface area (Å²) in [4.78, 5) is 13.6. The van der Waals surface area contributed by atoms with E-state index in [4.69, 9.17) is 11.6 Å². The first-order chi connectivity index (χ1) is 9.85. The second-order valence-corrected chi connectivity index (χ2v) is 6.21. The molecule has 116 valence electrons. The molecule has 21 heavy (non-hydrogen) atoms. The van der Waals surface area contributed by atoms with Crippen molar-refractivity contribution in [1.82, 2.24) is 4.90 Å². The molecule has 0 unspecified atom stereocenters. The van der Waals surface area contributed by atoms with Crippen molar-refractivity contribution in [3.63, 3.8) is 0 Å². The van der Waals surface area contributed by atoms with Crippen molar-refractivity contribution in [3.8, 4) is 0 Å². The van der Waals surface area contributed by atoms with Crippen molar-refractivity contribution >= 4 is 17.5 Å². The quantitative estimate of drug-likeness (QED) is 0.802. The van der Waals surface area contributed by atoms with Crippen LogP contribution < -0.4 is 0 Å². The van der Waals surface area contributed by atoms with Crippen molar-refractivity contribution < 1.29 is 13.6 Å². The minimum absolute atomic E-state index is 0.0743. The Bertz CT molecular complexity index is 476. The van der Waals surface area contributed by atoms with Gasteiger partial charge in [0.1, 0.15) is 0 Å². The van der Waals surface area contributed by atoms with Gasteiger partial charge in [0.05, 0.1) is 0 Å². The third kappa shape index (κ3) is 4.95. The largest absolute Gasteiger partial charge is 0.343 e. The number of nitrogens with zero attached hydrogens (tertiary/aromatic N) is 1. The minimum atomic E-state index is -2.77. The Morgan fingerprint density at radius 3 is 2.38 bits per heavy atom. The van der Waals surface area contributed by atoms with E-state index in [-0.39, 0.29) is 18.7 Å². The number of benzene rings is 1. The highest BCUT2D eigenvalue weighted by Crippen LogP contribution is 2.29. The second-order valence-electron chi connectivity index (χ2n) is 5.78. The maximum Gasteiger partial charge on any atom is 0.245 e. The lowest BCUT2D eigenvalue weighted by Gasteiger charge is -2.32. The molecule has 5 heteroatoms. The van der Waals surface area contributed by atoms with Gasteiger partial charge < -0.3 is 4.90 Å². The van der Waals surface area contributed by atoms with Gasteiger partial charge >= 0.3 is 0 Å². The molecule has 1 fully saturated rings. The van der Waals surface area contributed by atoms with Crippen LogP contribution in [0.5, 0.6) is 0 Å². The third-order valence-electron chi connectivity index (χ3n) is 3.97. The molecular formula is C16H20ClF2NO. The zero-order valence-electron chi connectivity index (χ0n) is 12.1. The predicted molar refractivity (Wildman–Crippen MR) is 79.9 cm³/mol. The SMILES string of the molecule is CC(F)(F)CCC(=O)N1CCC(c2ccc(Cl)cc2)CC1. The van der Waals surface area contributed by atoms with Crippen molar-refractivity contribution in [2.45, 2.75) is 44.4 Å². The molecule has 1 amide bonds. The zero-order chi connectivity index (χ0) is 15.5. The van der Waals surface area contributed by atoms with Crippen molar-refractivity contribution in [2.24, 2.45) is 0 Å². The fraction of sp³-hybridized carbons (Fsp3) is 0.562. The van der Waals surface area contributed by atoms with Crippen LogP contribution in [-0.2, 0) is 4.79 Å². The topological polar surface area (TPSA) is 20.3 Å². The highest BCUT2D eigenvalue weighted by atomic mass is 35.5. The van der Waals surface area contributed by atoms with Crippen LogP contribution in [0.15, 0.2) is 24.3 Å². The molecule has 0 bridgehead atoms. The highest BCUT2D eigenvalue weighted by molar-refractivity contribution is 6.30. The number of amides is 1. The number of rotatable bonds is 4. The van der Waals surface area contributed by atoms with E-state index >= 15 is 0 Å². The highest BCUT2D eigenvalue weighted by Gasteiger charge is 2.27. The summed E-state index contributed by atoms with van der Waals surface area (Å²) in [6, 6.07) is 7.78. The number of carbonyl (C=O) groups excluding carboxylic acids is 1. The molecule has 0 radical (unpaired) electrons. The molecule has 0 aliphatic carbocycles. The van der Waals surface area contributed by atoms with E-state index in [1.54, 1.807) is 4.90 Å². The maximum atomic E-state index is 12.8. The Balaban J connectivity index is 1.82. The standard InChI is InChI=1S/C16H20ClF2NO/c1-16(18,19)9-6-15(21)20-10-7-13(8-11-20)12-2-4-14(17)5-3-12/h2-5,13H,6-11H2,1H3. The van der Waals surface area contributed by atoms with Gasteiger partial charge in [-0.2, -0.15) is 0 Å². The fourth-order valence-corrected chi connectivity index (χ4v) is 2.81. The van der Waals surface area contributed by atoms with E-state index in [1.807, 2.05) is 24.3 Å². The zero-order valence-corrected chi connectivity index (χ0v) is 12.9. The molecule has 0 saturated carbocycles. The number of carbonyl (C=O) groups is 1. The molecule has 2 rings (SSSR count). The lowest BCUT2D eigenvalue weighted by molar-refractivity contribution is -0.134. The molecule has 0 atom stereocenters. The van der Waals surface area contributed by atoms with E-state index in [0.717, 1.165) is 19.8 Å². The molecule has 1 aliphatic heterocycles. The van der Waals surface area contributed by atoms with Crippen molar-refractivity contribution in [3.05, 3.63) is 34.9 Å². The van der Waals surface area contributed by atoms with Gasteiger partial charge in [-0.05, 0) is 43.4 Å². The van der Waals surface area contributed by atoms with E-state index in [1.165, 1.54) is 5.56 Å². The number of alkyl halides is 2. The summed E-state index contributed by atoms with van der Waals surface area (Å²) in [6.07, 6.45) is 1.30. The first-order valence-electron chi connectivity index (χ1n) is 7.26. The van der Waals surface area contributed by atoms with Gasteiger partial charge in [-0.25, -0.2) is 8.78 Å². The second kappa shape index (κ2) is 6.73. The van der Waals surface area contributed by atoms with Crippen LogP contribution >= 0.6 is 11.6 Å². The first kappa shape index (κ1) is 16.2. The lowest BCUT2D eigenvalue weighted by Crippen LogP contribution is -2.38. The smallest absolute Gasteiger partial charge is 0.245 e. The molecule has 0 aromatic heterocycles. The van der Waals surface area contributed by atoms with Crippen molar-refractivity contribution in [1.29, 1.82) is 0 Å². The van der Waals surface area contributed by atoms with Gasteiger partial charge in [0.25, 0.3) is 0 Å². The van der Waals surface area contributed by atoms with Gasteiger partial charge in [-0.3, -0.25) is 4.79 Å². The average molecular weight is 316 g/mol. The molecule has 1 heterocycles. The summed E-state index contributed by atoms with van der Waals surface area (Å²) in [5, 5.41) is 0.715. The van der Waals surface area contributed by atoms with Gasteiger partial charge in [-0.1, -0.05) is 23.7 Å². The Kier molecular flexibility index (Phi) is 5.20. The van der Waals surface area contributed by atoms with E-state index < -0.39 is 5.92 Å². The summed E-state index contributed by atoms with van der Waals surface area (Å²) >= 11 is 5.87. The number of piperidine rings is 1. The van der Waals surface area contributed by atoms with Crippen LogP contribution in [0.4, 0.5) is 8.78 Å². The molecule has 0 spiro atoms. The third-order valence-corrected chi connectivity index (χ3v) is 4.22. The summed E-state index contributed by atoms with van der Waals surface area (Å²) in [7, 11) is 0. The van der Waals surface area contributed by atoms with Crippen LogP contribution in [0.3, 0.4) is 0 Å². The van der Waals surface area contributed by atoms with Crippen LogP contribution in [0.1, 0.15) is 44.1 Å². The Morgan fingerprint density at radius 2 is 1.86 bits per heavy atom. The summed E-state index contributed by atoms with van der Waals surface area (Å²) < 4.78 is 25.6. The lowest BCUT2D eigenvalue weighted by atomic mass is 9.89. The first-order valence-corrected chi connectivity index (χ1v) is 7.64. The minimum Gasteiger partial charge on any atom is -0.343 e. The molecule has 1 aromatic rings. The van der Waals surface area contributed by atoms with Gasteiger partial charge in [0.15, 0.2) is 0 Å². The number of hydrogen-bond acceptors (Lipinski definition) is 1. The molecule has 1 saturated heterocycles. The number of halogens is 3. The summed E-state index contributed by atoms with van der Waals surface area (Å²) in [5.74, 6) is -2.51. The molecule has 2 nitrogen and oxygen atoms in total. The maximum absolute atomic E-state index is 12.8. The predicted octanol–water partition coefficient (Wildman–Crippen LogP) is 4.48. The van der Waals surface area contributed by atoms with Crippen molar-refractivity contribution in [2.75, 3.05) is 13.1 Å². The fourth-order valence-electron chi connectivity index (χ4n) is 2.68. The normalized spacial score (nSPS) is 17.0. The Labute approximate surface area is 129 Å². The van der Waals surface area contributed by atoms with Crippen LogP contribution in [0.25, 0.3) is 0 Å². The number of hydrogen-bond donors (Lipinski definition) is 0. The van der Waals surface area contributed by atoms with Crippen LogP contribution in [0, 0.1) is 0 Å². The van der Waals surface area contributed by atoms with E-state index in [9.17, 15) is 13.6 Å². The molecule has 1 aliphatic rings. The molecule has 1 aromatic carbocycles. The average Bonchev–Trinajstić information content (AvgIpc) is 2.45. The van der Waals surface area contributed by atoms with Gasteiger partial charge in [0, 0.05) is 31.0 Å². The van der Waals surface area contributed by atoms with E-state index in [0.29, 0.717) is 24.0 Å². The monoisotopic (exact) mass is 315 g/mol. The summed E-state index contributed by atoms with van der Waals surface area (Å²) in [6.45, 7) is 2.13. The van der Waals surface area contributed by atoms with Crippen LogP contribution in [0.2, 0.25) is 5.02 Å². The van der Waals surface area contributed by atoms with Crippen LogP contribution in [-0.4, -0.2) is 29.8 Å². The molecular weight excluding hydrogens is 296 g/mol. The van der Waals surface area contributed by atoms with Gasteiger partial charge in [0.2, 0.25) is 11.8 Å². The number of likely N-dealkylation sites (tertiary alicyclic amines) is 1. The Hall–Kier alpha value is -1.16. The van der Waals surface area contributed by atoms with E-state index in [2.05, 4.69) is 0 Å².